The Kier molecular flexibility index (Phi) is 9.04. The summed E-state index contributed by atoms with van der Waals surface area (Å²) in [4.78, 5) is 17.4. The fourth-order valence-corrected chi connectivity index (χ4v) is 3.78. The molecule has 0 unspecified atom stereocenters. The fourth-order valence-electron chi connectivity index (χ4n) is 3.78. The van der Waals surface area contributed by atoms with Gasteiger partial charge in [-0.3, -0.25) is 4.98 Å². The maximum absolute atomic E-state index is 12.6. The maximum atomic E-state index is 12.6. The summed E-state index contributed by atoms with van der Waals surface area (Å²) in [5.74, 6) is 0.773. The van der Waals surface area contributed by atoms with Gasteiger partial charge >= 0.3 is 5.97 Å². The Hall–Kier alpha value is -3.16. The molecule has 0 aliphatic rings. The predicted octanol–water partition coefficient (Wildman–Crippen LogP) is 3.55. The lowest BCUT2D eigenvalue weighted by molar-refractivity contribution is 0.0524. The number of aromatic nitrogens is 1. The number of nitrogens with zero attached hydrogens (tertiary/aromatic N) is 1. The first-order valence-corrected chi connectivity index (χ1v) is 11.2. The van der Waals surface area contributed by atoms with Crippen LogP contribution in [-0.4, -0.2) is 56.1 Å². The Morgan fingerprint density at radius 2 is 1.82 bits per heavy atom. The largest absolute Gasteiger partial charge is 0.493 e. The van der Waals surface area contributed by atoms with Crippen molar-refractivity contribution in [2.24, 2.45) is 0 Å². The summed E-state index contributed by atoms with van der Waals surface area (Å²) in [6, 6.07) is 15.5. The van der Waals surface area contributed by atoms with Crippen LogP contribution in [0.15, 0.2) is 48.5 Å². The number of nitrogens with one attached hydrogen (secondary N) is 1. The first-order chi connectivity index (χ1) is 16.1. The number of aryl methyl sites for hydroxylation is 1. The Balaban J connectivity index is 1.74. The number of aliphatic hydroxyl groups is 1. The molecule has 0 amide bonds. The Labute approximate surface area is 194 Å². The number of esters is 1. The number of carbonyl (C=O) groups excluding carboxylic acids is 1. The minimum absolute atomic E-state index is 0.0294. The number of rotatable bonds is 12. The molecule has 33 heavy (non-hydrogen) atoms. The van der Waals surface area contributed by atoms with Crippen LogP contribution in [0.2, 0.25) is 0 Å². The van der Waals surface area contributed by atoms with Crippen LogP contribution >= 0.6 is 0 Å². The number of aliphatic hydroxyl groups excluding tert-OH is 1. The van der Waals surface area contributed by atoms with Crippen LogP contribution in [0.25, 0.3) is 10.9 Å². The average molecular weight is 453 g/mol. The first kappa shape index (κ1) is 24.5. The molecule has 1 atom stereocenters. The zero-order valence-corrected chi connectivity index (χ0v) is 19.5. The van der Waals surface area contributed by atoms with Gasteiger partial charge in [0.2, 0.25) is 0 Å². The smallest absolute Gasteiger partial charge is 0.340 e. The molecule has 0 fully saturated rings. The van der Waals surface area contributed by atoms with Gasteiger partial charge in [0.1, 0.15) is 0 Å². The highest BCUT2D eigenvalue weighted by molar-refractivity contribution is 5.96. The summed E-state index contributed by atoms with van der Waals surface area (Å²) in [5, 5.41) is 13.9. The molecule has 176 valence electrons. The van der Waals surface area contributed by atoms with Crippen LogP contribution in [0.1, 0.15) is 35.0 Å². The number of benzene rings is 2. The monoisotopic (exact) mass is 452 g/mol. The molecule has 0 bridgehead atoms. The number of fused-ring (bicyclic) bond motifs is 1. The Morgan fingerprint density at radius 3 is 2.48 bits per heavy atom. The van der Waals surface area contributed by atoms with Gasteiger partial charge in [-0.2, -0.15) is 0 Å². The zero-order chi connectivity index (χ0) is 23.6. The Morgan fingerprint density at radius 1 is 1.09 bits per heavy atom. The molecule has 1 heterocycles. The van der Waals surface area contributed by atoms with Gasteiger partial charge in [-0.05, 0) is 50.4 Å². The summed E-state index contributed by atoms with van der Waals surface area (Å²) in [7, 11) is 3.15. The Bertz CT molecular complexity index is 1060. The predicted molar refractivity (Wildman–Crippen MR) is 128 cm³/mol. The van der Waals surface area contributed by atoms with Crippen LogP contribution in [-0.2, 0) is 17.6 Å². The molecule has 0 aliphatic carbocycles. The summed E-state index contributed by atoms with van der Waals surface area (Å²) >= 11 is 0. The zero-order valence-electron chi connectivity index (χ0n) is 19.5. The topological polar surface area (TPSA) is 89.9 Å². The molecule has 1 aromatic heterocycles. The summed E-state index contributed by atoms with van der Waals surface area (Å²) < 4.78 is 16.0. The first-order valence-electron chi connectivity index (χ1n) is 11.2. The molecule has 7 heteroatoms. The number of ether oxygens (including phenoxy) is 3. The van der Waals surface area contributed by atoms with Crippen molar-refractivity contribution in [3.8, 4) is 11.5 Å². The highest BCUT2D eigenvalue weighted by atomic mass is 16.5. The lowest BCUT2D eigenvalue weighted by Gasteiger charge is -2.17. The molecular weight excluding hydrogens is 420 g/mol. The van der Waals surface area contributed by atoms with Crippen molar-refractivity contribution in [2.45, 2.75) is 32.2 Å². The third-order valence-electron chi connectivity index (χ3n) is 5.46. The van der Waals surface area contributed by atoms with Crippen molar-refractivity contribution in [2.75, 3.05) is 34.0 Å². The lowest BCUT2D eigenvalue weighted by atomic mass is 10.0. The third kappa shape index (κ3) is 6.43. The summed E-state index contributed by atoms with van der Waals surface area (Å²) in [6.45, 7) is 2.82. The second-order valence-corrected chi connectivity index (χ2v) is 7.73. The minimum atomic E-state index is -0.387. The molecule has 0 spiro atoms. The van der Waals surface area contributed by atoms with Gasteiger partial charge in [0.05, 0.1) is 44.2 Å². The number of pyridine rings is 1. The van der Waals surface area contributed by atoms with E-state index in [2.05, 4.69) is 17.4 Å². The van der Waals surface area contributed by atoms with E-state index in [1.54, 1.807) is 27.2 Å². The molecule has 7 nitrogen and oxygen atoms in total. The highest BCUT2D eigenvalue weighted by Gasteiger charge is 2.17. The van der Waals surface area contributed by atoms with E-state index in [9.17, 15) is 9.90 Å². The summed E-state index contributed by atoms with van der Waals surface area (Å²) in [5.41, 5.74) is 3.04. The fraction of sp³-hybridized carbons (Fsp3) is 0.385. The standard InChI is InChI=1S/C26H32N2O5/c1-4-33-26(30)21-14-19-15-24(31-2)25(32-3)16-23(19)28-22(21)11-8-12-27-20(17-29)13-18-9-6-5-7-10-18/h5-7,9-10,14-16,20,27,29H,4,8,11-13,17H2,1-3H3/t20-/m0/s1. The van der Waals surface area contributed by atoms with E-state index in [4.69, 9.17) is 19.2 Å². The van der Waals surface area contributed by atoms with Gasteiger partial charge in [0, 0.05) is 17.5 Å². The lowest BCUT2D eigenvalue weighted by Crippen LogP contribution is -2.35. The molecule has 0 saturated carbocycles. The highest BCUT2D eigenvalue weighted by Crippen LogP contribution is 2.32. The van der Waals surface area contributed by atoms with Crippen molar-refractivity contribution in [1.82, 2.24) is 10.3 Å². The maximum Gasteiger partial charge on any atom is 0.340 e. The van der Waals surface area contributed by atoms with E-state index in [1.165, 1.54) is 5.56 Å². The normalized spacial score (nSPS) is 11.9. The molecule has 0 aliphatic heterocycles. The van der Waals surface area contributed by atoms with E-state index < -0.39 is 0 Å². The van der Waals surface area contributed by atoms with E-state index in [1.807, 2.05) is 30.3 Å². The molecule has 0 radical (unpaired) electrons. The van der Waals surface area contributed by atoms with Gasteiger partial charge in [0.15, 0.2) is 11.5 Å². The van der Waals surface area contributed by atoms with Crippen LogP contribution < -0.4 is 14.8 Å². The molecule has 0 saturated heterocycles. The quantitative estimate of drug-likeness (QED) is 0.321. The van der Waals surface area contributed by atoms with Gasteiger partial charge < -0.3 is 24.6 Å². The second-order valence-electron chi connectivity index (χ2n) is 7.73. The minimum Gasteiger partial charge on any atom is -0.493 e. The van der Waals surface area contributed by atoms with E-state index in [0.717, 1.165) is 23.7 Å². The molecule has 2 aromatic carbocycles. The number of hydrogen-bond donors (Lipinski definition) is 2. The van der Waals surface area contributed by atoms with Gasteiger partial charge in [-0.1, -0.05) is 30.3 Å². The van der Waals surface area contributed by atoms with Crippen molar-refractivity contribution < 1.29 is 24.1 Å². The van der Waals surface area contributed by atoms with Crippen LogP contribution in [0.3, 0.4) is 0 Å². The molecular formula is C26H32N2O5. The van der Waals surface area contributed by atoms with Crippen LogP contribution in [0.4, 0.5) is 0 Å². The van der Waals surface area contributed by atoms with Crippen molar-refractivity contribution in [3.63, 3.8) is 0 Å². The SMILES string of the molecule is CCOC(=O)c1cc2cc(OC)c(OC)cc2nc1CCCN[C@H](CO)Cc1ccccc1. The van der Waals surface area contributed by atoms with E-state index in [0.29, 0.717) is 42.3 Å². The number of carbonyl (C=O) groups is 1. The molecule has 3 rings (SSSR count). The third-order valence-corrected chi connectivity index (χ3v) is 5.46. The average Bonchev–Trinajstić information content (AvgIpc) is 2.85. The van der Waals surface area contributed by atoms with Gasteiger partial charge in [-0.25, -0.2) is 4.79 Å². The van der Waals surface area contributed by atoms with Gasteiger partial charge in [-0.15, -0.1) is 0 Å². The van der Waals surface area contributed by atoms with Gasteiger partial charge in [0.25, 0.3) is 0 Å². The number of methoxy groups -OCH3 is 2. The van der Waals surface area contributed by atoms with Crippen LogP contribution in [0, 0.1) is 0 Å². The summed E-state index contributed by atoms with van der Waals surface area (Å²) in [6.07, 6.45) is 2.10. The van der Waals surface area contributed by atoms with E-state index >= 15 is 0 Å². The number of hydrogen-bond acceptors (Lipinski definition) is 7. The van der Waals surface area contributed by atoms with Crippen molar-refractivity contribution in [3.05, 3.63) is 65.4 Å². The molecule has 2 N–H and O–H groups in total. The van der Waals surface area contributed by atoms with Crippen molar-refractivity contribution >= 4 is 16.9 Å². The molecule has 3 aromatic rings. The van der Waals surface area contributed by atoms with Crippen LogP contribution in [0.5, 0.6) is 11.5 Å². The van der Waals surface area contributed by atoms with E-state index in [-0.39, 0.29) is 18.6 Å². The second kappa shape index (κ2) is 12.2. The van der Waals surface area contributed by atoms with Crippen molar-refractivity contribution in [1.29, 1.82) is 0 Å².